The van der Waals surface area contributed by atoms with Crippen LogP contribution in [-0.2, 0) is 26.1 Å². The molecule has 0 radical (unpaired) electrons. The maximum Gasteiger partial charge on any atom is 0.261 e. The number of aliphatic imine (C=N–C) groups is 1. The van der Waals surface area contributed by atoms with E-state index in [0.717, 1.165) is 78.8 Å². The lowest BCUT2D eigenvalue weighted by atomic mass is 10.1. The molecule has 1 amide bonds. The van der Waals surface area contributed by atoms with E-state index in [9.17, 15) is 9.59 Å². The zero-order valence-corrected chi connectivity index (χ0v) is 35.3. The molecule has 0 saturated heterocycles. The lowest BCUT2D eigenvalue weighted by Gasteiger charge is -2.30. The lowest BCUT2D eigenvalue weighted by molar-refractivity contribution is 0.0986. The Balaban J connectivity index is 1.03. The van der Waals surface area contributed by atoms with Gasteiger partial charge in [-0.05, 0) is 77.6 Å². The summed E-state index contributed by atoms with van der Waals surface area (Å²) < 4.78 is 24.6. The minimum absolute atomic E-state index is 0.113. The van der Waals surface area contributed by atoms with E-state index in [0.29, 0.717) is 39.8 Å². The first-order chi connectivity index (χ1) is 29.2. The van der Waals surface area contributed by atoms with Gasteiger partial charge in [0.05, 0.1) is 43.2 Å². The Labute approximate surface area is 352 Å². The van der Waals surface area contributed by atoms with Gasteiger partial charge >= 0.3 is 0 Å². The Hall–Kier alpha value is -6.49. The number of carbonyl (C=O) groups excluding carboxylic acids is 2. The zero-order chi connectivity index (χ0) is 41.9. The number of rotatable bonds is 16. The van der Waals surface area contributed by atoms with Crippen LogP contribution < -0.4 is 38.5 Å². The number of amides is 1. The van der Waals surface area contributed by atoms with Crippen LogP contribution in [0.4, 0.5) is 28.4 Å². The summed E-state index contributed by atoms with van der Waals surface area (Å²) in [4.78, 5) is 39.7. The number of ether oxygens (including phenoxy) is 4. The smallest absolute Gasteiger partial charge is 0.261 e. The highest BCUT2D eigenvalue weighted by Crippen LogP contribution is 2.42. The number of benzene rings is 5. The van der Waals surface area contributed by atoms with Crippen LogP contribution in [0.1, 0.15) is 62.7 Å². The Morgan fingerprint density at radius 3 is 2.10 bits per heavy atom. The van der Waals surface area contributed by atoms with E-state index >= 15 is 0 Å². The van der Waals surface area contributed by atoms with Crippen molar-refractivity contribution >= 4 is 46.8 Å². The predicted molar refractivity (Wildman–Crippen MR) is 239 cm³/mol. The first kappa shape index (κ1) is 40.3. The molecule has 0 aliphatic carbocycles. The van der Waals surface area contributed by atoms with E-state index in [-0.39, 0.29) is 31.2 Å². The molecule has 0 fully saturated rings. The average molecular weight is 808 g/mol. The Kier molecular flexibility index (Phi) is 11.7. The molecule has 0 bridgehead atoms. The second-order valence-corrected chi connectivity index (χ2v) is 15.9. The van der Waals surface area contributed by atoms with E-state index in [2.05, 4.69) is 84.2 Å². The number of para-hydroxylation sites is 2. The van der Waals surface area contributed by atoms with Crippen molar-refractivity contribution in [2.75, 3.05) is 68.1 Å². The van der Waals surface area contributed by atoms with Crippen molar-refractivity contribution in [1.29, 1.82) is 0 Å². The van der Waals surface area contributed by atoms with Gasteiger partial charge in [0.25, 0.3) is 5.91 Å². The second kappa shape index (κ2) is 17.4. The van der Waals surface area contributed by atoms with Crippen LogP contribution in [0.15, 0.2) is 96.0 Å². The van der Waals surface area contributed by atoms with Crippen molar-refractivity contribution in [1.82, 2.24) is 0 Å². The quantitative estimate of drug-likeness (QED) is 0.0908. The molecule has 0 saturated carbocycles. The number of unbranched alkanes of at least 4 members (excludes halogenated alkanes) is 1. The van der Waals surface area contributed by atoms with Crippen molar-refractivity contribution in [3.8, 4) is 23.0 Å². The number of methoxy groups -OCH3 is 2. The highest BCUT2D eigenvalue weighted by molar-refractivity contribution is 6.14. The molecule has 8 rings (SSSR count). The Morgan fingerprint density at radius 1 is 0.783 bits per heavy atom. The lowest BCUT2D eigenvalue weighted by Crippen LogP contribution is -2.39. The number of hydrogen-bond donors (Lipinski definition) is 0. The van der Waals surface area contributed by atoms with Gasteiger partial charge in [-0.2, -0.15) is 0 Å². The van der Waals surface area contributed by atoms with Gasteiger partial charge in [0.2, 0.25) is 0 Å². The van der Waals surface area contributed by atoms with Crippen LogP contribution >= 0.6 is 0 Å². The number of hydrogen-bond acceptors (Lipinski definition) is 10. The molecule has 0 aromatic heterocycles. The fourth-order valence-electron chi connectivity index (χ4n) is 8.64. The Morgan fingerprint density at radius 2 is 1.43 bits per heavy atom. The first-order valence-corrected chi connectivity index (χ1v) is 20.7. The van der Waals surface area contributed by atoms with Crippen molar-refractivity contribution in [2.24, 2.45) is 4.99 Å². The molecule has 0 spiro atoms. The van der Waals surface area contributed by atoms with Gasteiger partial charge in [0.1, 0.15) is 13.2 Å². The third kappa shape index (κ3) is 7.96. The van der Waals surface area contributed by atoms with Gasteiger partial charge in [-0.3, -0.25) is 19.5 Å². The van der Waals surface area contributed by atoms with Gasteiger partial charge in [0.15, 0.2) is 29.3 Å². The standard InChI is InChI=1S/C49H53N5O6/c1-7-8-17-51(2)37-19-32(30-59-47-25-41-40(24-46(47)58-6)49(56)54-38(27-50-41)21-35-14-10-12-16-43(35)54)18-33(20-37)31-60-48-26-44(36(29-55)23-45(48)57-5)52(3)28-39-22-34-13-9-11-15-42(34)53(39)4/h9-16,18-20,23-27,29,38-39H,7-8,17,21-22,28,30-31H2,1-6H3/t38-,39?/m0/s1. The topological polar surface area (TPSA) is 96.4 Å². The van der Waals surface area contributed by atoms with Gasteiger partial charge < -0.3 is 33.6 Å². The van der Waals surface area contributed by atoms with Crippen LogP contribution in [-0.4, -0.2) is 78.9 Å². The average Bonchev–Trinajstić information content (AvgIpc) is 3.77. The van der Waals surface area contributed by atoms with Crippen LogP contribution in [0.25, 0.3) is 0 Å². The van der Waals surface area contributed by atoms with Crippen LogP contribution in [0.2, 0.25) is 0 Å². The fourth-order valence-corrected chi connectivity index (χ4v) is 8.64. The van der Waals surface area contributed by atoms with E-state index in [4.69, 9.17) is 23.9 Å². The molecule has 11 nitrogen and oxygen atoms in total. The molecule has 3 heterocycles. The maximum absolute atomic E-state index is 14.0. The molecule has 1 unspecified atom stereocenters. The summed E-state index contributed by atoms with van der Waals surface area (Å²) in [6, 6.07) is 30.1. The van der Waals surface area contributed by atoms with Crippen LogP contribution in [0.3, 0.4) is 0 Å². The van der Waals surface area contributed by atoms with Crippen molar-refractivity contribution in [3.63, 3.8) is 0 Å². The van der Waals surface area contributed by atoms with E-state index < -0.39 is 0 Å². The highest BCUT2D eigenvalue weighted by atomic mass is 16.5. The molecule has 0 N–H and O–H groups in total. The molecule has 5 aromatic rings. The molecule has 11 heteroatoms. The second-order valence-electron chi connectivity index (χ2n) is 15.9. The first-order valence-electron chi connectivity index (χ1n) is 20.7. The van der Waals surface area contributed by atoms with Gasteiger partial charge in [0, 0.05) is 81.6 Å². The fraction of sp³-hybridized carbons (Fsp3) is 0.327. The molecular weight excluding hydrogens is 755 g/mol. The SMILES string of the molecule is CCCCN(C)c1cc(COc2cc3c(cc2OC)C(=O)N2c4ccccc4C[C@H]2C=N3)cc(COc2cc(N(C)CC3Cc4ccccc4N3C)c(C=O)cc2OC)c1. The summed E-state index contributed by atoms with van der Waals surface area (Å²) in [6.45, 7) is 4.29. The summed E-state index contributed by atoms with van der Waals surface area (Å²) in [5.41, 5.74) is 9.87. The minimum atomic E-state index is -0.154. The molecule has 3 aliphatic heterocycles. The summed E-state index contributed by atoms with van der Waals surface area (Å²) in [6.07, 6.45) is 6.52. The van der Waals surface area contributed by atoms with Crippen molar-refractivity contribution in [2.45, 2.75) is 57.9 Å². The summed E-state index contributed by atoms with van der Waals surface area (Å²) in [5, 5.41) is 0. The van der Waals surface area contributed by atoms with Crippen molar-refractivity contribution in [3.05, 3.63) is 124 Å². The van der Waals surface area contributed by atoms with Crippen LogP contribution in [0.5, 0.6) is 23.0 Å². The highest BCUT2D eigenvalue weighted by Gasteiger charge is 2.36. The van der Waals surface area contributed by atoms with E-state index in [1.807, 2.05) is 42.4 Å². The third-order valence-corrected chi connectivity index (χ3v) is 12.0. The summed E-state index contributed by atoms with van der Waals surface area (Å²) >= 11 is 0. The van der Waals surface area contributed by atoms with E-state index in [1.54, 1.807) is 32.4 Å². The van der Waals surface area contributed by atoms with Gasteiger partial charge in [-0.15, -0.1) is 0 Å². The molecule has 5 aromatic carbocycles. The molecule has 3 aliphatic rings. The summed E-state index contributed by atoms with van der Waals surface area (Å²) in [7, 11) is 9.41. The largest absolute Gasteiger partial charge is 0.493 e. The van der Waals surface area contributed by atoms with Gasteiger partial charge in [-0.25, -0.2) is 0 Å². The van der Waals surface area contributed by atoms with Gasteiger partial charge in [-0.1, -0.05) is 49.7 Å². The monoisotopic (exact) mass is 807 g/mol. The van der Waals surface area contributed by atoms with Crippen LogP contribution in [0, 0.1) is 0 Å². The third-order valence-electron chi connectivity index (χ3n) is 12.0. The molecule has 60 heavy (non-hydrogen) atoms. The normalized spacial score (nSPS) is 16.1. The number of anilines is 4. The maximum atomic E-state index is 14.0. The number of aldehydes is 1. The number of nitrogens with zero attached hydrogens (tertiary/aromatic N) is 5. The number of likely N-dealkylation sites (N-methyl/N-ethyl adjacent to an activating group) is 2. The molecule has 310 valence electrons. The molecular formula is C49H53N5O6. The zero-order valence-electron chi connectivity index (χ0n) is 35.3. The predicted octanol–water partition coefficient (Wildman–Crippen LogP) is 8.70. The minimum Gasteiger partial charge on any atom is -0.493 e. The van der Waals surface area contributed by atoms with E-state index in [1.165, 1.54) is 11.3 Å². The number of fused-ring (bicyclic) bond motifs is 5. The Bertz CT molecular complexity index is 2430. The van der Waals surface area contributed by atoms with Crippen molar-refractivity contribution < 1.29 is 28.5 Å². The molecule has 2 atom stereocenters. The number of carbonyl (C=O) groups is 2. The summed E-state index contributed by atoms with van der Waals surface area (Å²) in [5.74, 6) is 1.87.